The zero-order valence-corrected chi connectivity index (χ0v) is 9.37. The lowest BCUT2D eigenvalue weighted by atomic mass is 10.5. The number of thiazole rings is 1. The fourth-order valence-corrected chi connectivity index (χ4v) is 2.07. The molecule has 0 radical (unpaired) electrons. The van der Waals surface area contributed by atoms with Gasteiger partial charge in [-0.25, -0.2) is 9.78 Å². The molecule has 6 nitrogen and oxygen atoms in total. The van der Waals surface area contributed by atoms with E-state index >= 15 is 0 Å². The summed E-state index contributed by atoms with van der Waals surface area (Å²) < 4.78 is 1.28. The number of nitrogens with zero attached hydrogens (tertiary/aromatic N) is 2. The molecule has 0 bridgehead atoms. The Bertz CT molecular complexity index is 625. The van der Waals surface area contributed by atoms with E-state index in [4.69, 9.17) is 5.73 Å². The summed E-state index contributed by atoms with van der Waals surface area (Å²) in [5.74, 6) is 0.140. The Kier molecular flexibility index (Phi) is 2.61. The highest BCUT2D eigenvalue weighted by molar-refractivity contribution is 7.09. The number of hydrogen-bond acceptors (Lipinski definition) is 5. The van der Waals surface area contributed by atoms with Crippen molar-refractivity contribution >= 4 is 17.2 Å². The molecule has 7 heteroatoms. The van der Waals surface area contributed by atoms with Crippen molar-refractivity contribution in [2.45, 2.75) is 13.5 Å². The largest absolute Gasteiger partial charge is 0.385 e. The molecule has 84 valence electrons. The van der Waals surface area contributed by atoms with Crippen molar-refractivity contribution in [1.82, 2.24) is 14.5 Å². The van der Waals surface area contributed by atoms with Crippen molar-refractivity contribution in [1.29, 1.82) is 0 Å². The Morgan fingerprint density at radius 3 is 2.88 bits per heavy atom. The van der Waals surface area contributed by atoms with E-state index in [2.05, 4.69) is 9.97 Å². The molecule has 2 heterocycles. The van der Waals surface area contributed by atoms with Gasteiger partial charge in [-0.2, -0.15) is 0 Å². The van der Waals surface area contributed by atoms with Crippen molar-refractivity contribution in [3.05, 3.63) is 43.0 Å². The lowest BCUT2D eigenvalue weighted by Crippen LogP contribution is -2.31. The van der Waals surface area contributed by atoms with E-state index in [1.165, 1.54) is 22.0 Å². The van der Waals surface area contributed by atoms with E-state index in [-0.39, 0.29) is 12.4 Å². The number of H-pyrrole nitrogens is 1. The highest BCUT2D eigenvalue weighted by atomic mass is 32.1. The van der Waals surface area contributed by atoms with E-state index in [1.807, 2.05) is 12.3 Å². The minimum atomic E-state index is -0.516. The number of nitrogens with one attached hydrogen (secondary N) is 1. The van der Waals surface area contributed by atoms with Crippen molar-refractivity contribution in [2.24, 2.45) is 0 Å². The number of rotatable bonds is 2. The SMILES string of the molecule is Cc1csc(Cn2c(N)cc(=O)[nH]c2=O)n1. The highest BCUT2D eigenvalue weighted by Crippen LogP contribution is 2.10. The molecule has 0 amide bonds. The first kappa shape index (κ1) is 10.6. The predicted molar refractivity (Wildman–Crippen MR) is 61.7 cm³/mol. The van der Waals surface area contributed by atoms with Gasteiger partial charge < -0.3 is 5.73 Å². The standard InChI is InChI=1S/C9H10N4O2S/c1-5-4-16-8(11-5)3-13-6(10)2-7(14)12-9(13)15/h2,4H,3,10H2,1H3,(H,12,14,15). The van der Waals surface area contributed by atoms with Crippen LogP contribution in [0.25, 0.3) is 0 Å². The monoisotopic (exact) mass is 238 g/mol. The number of aryl methyl sites for hydroxylation is 1. The van der Waals surface area contributed by atoms with Gasteiger partial charge in [0.2, 0.25) is 0 Å². The van der Waals surface area contributed by atoms with Crippen LogP contribution in [-0.2, 0) is 6.54 Å². The van der Waals surface area contributed by atoms with Gasteiger partial charge in [-0.3, -0.25) is 14.3 Å². The van der Waals surface area contributed by atoms with Crippen LogP contribution >= 0.6 is 11.3 Å². The molecule has 2 aromatic heterocycles. The van der Waals surface area contributed by atoms with Crippen LogP contribution in [0.1, 0.15) is 10.7 Å². The van der Waals surface area contributed by atoms with Crippen LogP contribution in [0.3, 0.4) is 0 Å². The van der Waals surface area contributed by atoms with Crippen LogP contribution in [0.4, 0.5) is 5.82 Å². The summed E-state index contributed by atoms with van der Waals surface area (Å²) in [7, 11) is 0. The van der Waals surface area contributed by atoms with Crippen LogP contribution in [0, 0.1) is 6.92 Å². The first-order valence-electron chi connectivity index (χ1n) is 4.57. The van der Waals surface area contributed by atoms with E-state index in [1.54, 1.807) is 0 Å². The molecule has 0 aromatic carbocycles. The van der Waals surface area contributed by atoms with Gasteiger partial charge in [0, 0.05) is 17.1 Å². The Labute approximate surface area is 94.4 Å². The third-order valence-electron chi connectivity index (χ3n) is 2.03. The summed E-state index contributed by atoms with van der Waals surface area (Å²) in [6.45, 7) is 2.15. The Hall–Kier alpha value is -1.89. The van der Waals surface area contributed by atoms with Gasteiger partial charge in [-0.1, -0.05) is 0 Å². The maximum absolute atomic E-state index is 11.5. The number of aromatic amines is 1. The molecule has 0 saturated carbocycles. The smallest absolute Gasteiger partial charge is 0.330 e. The molecular weight excluding hydrogens is 228 g/mol. The molecule has 0 aliphatic rings. The second-order valence-electron chi connectivity index (χ2n) is 3.33. The number of aromatic nitrogens is 3. The highest BCUT2D eigenvalue weighted by Gasteiger charge is 2.06. The lowest BCUT2D eigenvalue weighted by molar-refractivity contribution is 0.727. The Morgan fingerprint density at radius 1 is 1.56 bits per heavy atom. The molecule has 0 aliphatic heterocycles. The molecule has 0 unspecified atom stereocenters. The molecular formula is C9H10N4O2S. The average Bonchev–Trinajstić information content (AvgIpc) is 2.58. The van der Waals surface area contributed by atoms with Gasteiger partial charge in [-0.05, 0) is 6.92 Å². The molecule has 2 rings (SSSR count). The third-order valence-corrected chi connectivity index (χ3v) is 2.98. The Morgan fingerprint density at radius 2 is 2.31 bits per heavy atom. The normalized spacial score (nSPS) is 10.6. The van der Waals surface area contributed by atoms with Crippen LogP contribution in [-0.4, -0.2) is 14.5 Å². The Balaban J connectivity index is 2.42. The molecule has 2 aromatic rings. The van der Waals surface area contributed by atoms with Gasteiger partial charge in [-0.15, -0.1) is 11.3 Å². The number of nitrogens with two attached hydrogens (primary N) is 1. The van der Waals surface area contributed by atoms with Crippen LogP contribution in [0.15, 0.2) is 21.0 Å². The number of anilines is 1. The second-order valence-corrected chi connectivity index (χ2v) is 4.28. The van der Waals surface area contributed by atoms with Crippen molar-refractivity contribution in [3.8, 4) is 0 Å². The fraction of sp³-hybridized carbons (Fsp3) is 0.222. The van der Waals surface area contributed by atoms with E-state index in [9.17, 15) is 9.59 Å². The minimum Gasteiger partial charge on any atom is -0.385 e. The zero-order valence-electron chi connectivity index (χ0n) is 8.56. The van der Waals surface area contributed by atoms with Crippen LogP contribution < -0.4 is 17.0 Å². The van der Waals surface area contributed by atoms with Crippen molar-refractivity contribution in [3.63, 3.8) is 0 Å². The number of hydrogen-bond donors (Lipinski definition) is 2. The lowest BCUT2D eigenvalue weighted by Gasteiger charge is -2.05. The molecule has 3 N–H and O–H groups in total. The fourth-order valence-electron chi connectivity index (χ4n) is 1.31. The molecule has 0 aliphatic carbocycles. The number of nitrogen functional groups attached to an aromatic ring is 1. The minimum absolute atomic E-state index is 0.140. The van der Waals surface area contributed by atoms with E-state index in [0.717, 1.165) is 10.7 Å². The quantitative estimate of drug-likeness (QED) is 0.766. The summed E-state index contributed by atoms with van der Waals surface area (Å²) in [6.07, 6.45) is 0. The molecule has 0 fully saturated rings. The summed E-state index contributed by atoms with van der Waals surface area (Å²) in [5, 5.41) is 2.67. The molecule has 0 spiro atoms. The molecule has 0 saturated heterocycles. The third kappa shape index (κ3) is 2.03. The van der Waals surface area contributed by atoms with E-state index < -0.39 is 11.2 Å². The van der Waals surface area contributed by atoms with Gasteiger partial charge in [0.25, 0.3) is 5.56 Å². The van der Waals surface area contributed by atoms with E-state index in [0.29, 0.717) is 0 Å². The summed E-state index contributed by atoms with van der Waals surface area (Å²) in [4.78, 5) is 28.8. The average molecular weight is 238 g/mol. The first-order chi connectivity index (χ1) is 7.56. The summed E-state index contributed by atoms with van der Waals surface area (Å²) >= 11 is 1.45. The van der Waals surface area contributed by atoms with Gasteiger partial charge in [0.1, 0.15) is 10.8 Å². The van der Waals surface area contributed by atoms with Crippen LogP contribution in [0.5, 0.6) is 0 Å². The van der Waals surface area contributed by atoms with Gasteiger partial charge in [0.15, 0.2) is 0 Å². The maximum atomic E-state index is 11.5. The van der Waals surface area contributed by atoms with Crippen molar-refractivity contribution in [2.75, 3.05) is 5.73 Å². The van der Waals surface area contributed by atoms with Crippen LogP contribution in [0.2, 0.25) is 0 Å². The summed E-state index contributed by atoms with van der Waals surface area (Å²) in [6, 6.07) is 1.18. The van der Waals surface area contributed by atoms with Gasteiger partial charge in [0.05, 0.1) is 6.54 Å². The van der Waals surface area contributed by atoms with Crippen molar-refractivity contribution < 1.29 is 0 Å². The zero-order chi connectivity index (χ0) is 11.7. The second kappa shape index (κ2) is 3.93. The molecule has 0 atom stereocenters. The summed E-state index contributed by atoms with van der Waals surface area (Å²) in [5.41, 5.74) is 5.49. The topological polar surface area (TPSA) is 93.8 Å². The predicted octanol–water partition coefficient (Wildman–Crippen LogP) is -0.0680. The maximum Gasteiger partial charge on any atom is 0.330 e. The van der Waals surface area contributed by atoms with Gasteiger partial charge >= 0.3 is 5.69 Å². The first-order valence-corrected chi connectivity index (χ1v) is 5.45. The molecule has 16 heavy (non-hydrogen) atoms.